The molecule has 3 rings (SSSR count). The maximum atomic E-state index is 12.5. The Morgan fingerprint density at radius 1 is 1.08 bits per heavy atom. The molecule has 1 aromatic heterocycles. The second-order valence-electron chi connectivity index (χ2n) is 6.98. The van der Waals surface area contributed by atoms with Crippen molar-refractivity contribution in [3.05, 3.63) is 47.9 Å². The van der Waals surface area contributed by atoms with Crippen molar-refractivity contribution >= 4 is 17.3 Å². The molecule has 5 nitrogen and oxygen atoms in total. The minimum atomic E-state index is -0.230. The molecule has 1 aliphatic rings. The summed E-state index contributed by atoms with van der Waals surface area (Å²) in [5.74, 6) is 0.900. The molecule has 0 atom stereocenters. The first-order valence-electron chi connectivity index (χ1n) is 8.28. The zero-order valence-electron chi connectivity index (χ0n) is 14.5. The minimum Gasteiger partial charge on any atom is -0.455 e. The van der Waals surface area contributed by atoms with Gasteiger partial charge < -0.3 is 19.4 Å². The van der Waals surface area contributed by atoms with E-state index in [2.05, 4.69) is 31.0 Å². The van der Waals surface area contributed by atoms with Crippen molar-refractivity contribution < 1.29 is 13.9 Å². The zero-order chi connectivity index (χ0) is 17.2. The number of hydrogen-bond donors (Lipinski definition) is 1. The molecule has 24 heavy (non-hydrogen) atoms. The third-order valence-corrected chi connectivity index (χ3v) is 4.07. The highest BCUT2D eigenvalue weighted by molar-refractivity contribution is 6.04. The molecule has 0 spiro atoms. The second-order valence-corrected chi connectivity index (χ2v) is 6.98. The molecule has 0 unspecified atom stereocenters. The number of carbonyl (C=O) groups is 1. The van der Waals surface area contributed by atoms with Gasteiger partial charge in [-0.3, -0.25) is 4.79 Å². The van der Waals surface area contributed by atoms with Gasteiger partial charge in [0.25, 0.3) is 5.91 Å². The summed E-state index contributed by atoms with van der Waals surface area (Å²) in [6.07, 6.45) is 0. The molecule has 2 aromatic rings. The number of hydrogen-bond acceptors (Lipinski definition) is 4. The molecule has 2 heterocycles. The summed E-state index contributed by atoms with van der Waals surface area (Å²) < 4.78 is 11.1. The van der Waals surface area contributed by atoms with Crippen molar-refractivity contribution in [2.45, 2.75) is 26.2 Å². The third kappa shape index (κ3) is 3.62. The lowest BCUT2D eigenvalue weighted by Gasteiger charge is -2.30. The number of rotatable bonds is 3. The average molecular weight is 328 g/mol. The number of para-hydroxylation sites is 2. The topological polar surface area (TPSA) is 54.7 Å². The Bertz CT molecular complexity index is 709. The predicted octanol–water partition coefficient (Wildman–Crippen LogP) is 3.67. The van der Waals surface area contributed by atoms with Crippen molar-refractivity contribution in [1.29, 1.82) is 0 Å². The fourth-order valence-electron chi connectivity index (χ4n) is 2.71. The molecule has 0 radical (unpaired) electrons. The summed E-state index contributed by atoms with van der Waals surface area (Å²) in [6, 6.07) is 11.4. The summed E-state index contributed by atoms with van der Waals surface area (Å²) in [5.41, 5.74) is 1.68. The molecule has 1 amide bonds. The maximum Gasteiger partial charge on any atom is 0.291 e. The molecule has 128 valence electrons. The SMILES string of the molecule is CC(C)(C)c1ccc(C(=O)Nc2ccccc2N2CCOCC2)o1. The molecule has 0 saturated carbocycles. The highest BCUT2D eigenvalue weighted by Crippen LogP contribution is 2.28. The lowest BCUT2D eigenvalue weighted by atomic mass is 9.94. The van der Waals surface area contributed by atoms with E-state index in [1.54, 1.807) is 6.07 Å². The number of benzene rings is 1. The van der Waals surface area contributed by atoms with Crippen molar-refractivity contribution in [2.24, 2.45) is 0 Å². The quantitative estimate of drug-likeness (QED) is 0.934. The first kappa shape index (κ1) is 16.6. The summed E-state index contributed by atoms with van der Waals surface area (Å²) in [7, 11) is 0. The summed E-state index contributed by atoms with van der Waals surface area (Å²) in [4.78, 5) is 14.8. The van der Waals surface area contributed by atoms with Crippen LogP contribution in [0.2, 0.25) is 0 Å². The number of morpholine rings is 1. The van der Waals surface area contributed by atoms with Crippen LogP contribution in [-0.2, 0) is 10.2 Å². The van der Waals surface area contributed by atoms with Crippen LogP contribution in [0.4, 0.5) is 11.4 Å². The molecular formula is C19H24N2O3. The molecule has 1 saturated heterocycles. The Kier molecular flexibility index (Phi) is 4.62. The molecule has 1 fully saturated rings. The Hall–Kier alpha value is -2.27. The fraction of sp³-hybridized carbons (Fsp3) is 0.421. The van der Waals surface area contributed by atoms with E-state index in [9.17, 15) is 4.79 Å². The highest BCUT2D eigenvalue weighted by Gasteiger charge is 2.21. The van der Waals surface area contributed by atoms with Gasteiger partial charge in [0.05, 0.1) is 24.6 Å². The van der Waals surface area contributed by atoms with Crippen LogP contribution in [0.25, 0.3) is 0 Å². The van der Waals surface area contributed by atoms with Gasteiger partial charge in [0.2, 0.25) is 0 Å². The van der Waals surface area contributed by atoms with E-state index >= 15 is 0 Å². The number of furan rings is 1. The zero-order valence-corrected chi connectivity index (χ0v) is 14.5. The van der Waals surface area contributed by atoms with Gasteiger partial charge >= 0.3 is 0 Å². The minimum absolute atomic E-state index is 0.121. The number of ether oxygens (including phenoxy) is 1. The Labute approximate surface area is 142 Å². The van der Waals surface area contributed by atoms with Crippen molar-refractivity contribution in [3.63, 3.8) is 0 Å². The normalized spacial score (nSPS) is 15.4. The number of nitrogens with one attached hydrogen (secondary N) is 1. The smallest absolute Gasteiger partial charge is 0.291 e. The Morgan fingerprint density at radius 2 is 1.79 bits per heavy atom. The number of anilines is 2. The number of amides is 1. The molecule has 5 heteroatoms. The van der Waals surface area contributed by atoms with Gasteiger partial charge in [0.1, 0.15) is 5.76 Å². The first-order valence-corrected chi connectivity index (χ1v) is 8.28. The molecule has 0 bridgehead atoms. The van der Waals surface area contributed by atoms with Crippen LogP contribution in [0.1, 0.15) is 37.1 Å². The van der Waals surface area contributed by atoms with Gasteiger partial charge in [0, 0.05) is 18.5 Å². The van der Waals surface area contributed by atoms with Crippen molar-refractivity contribution in [3.8, 4) is 0 Å². The van der Waals surface area contributed by atoms with Gasteiger partial charge in [0.15, 0.2) is 5.76 Å². The lowest BCUT2D eigenvalue weighted by molar-refractivity contribution is 0.0993. The third-order valence-electron chi connectivity index (χ3n) is 4.07. The maximum absolute atomic E-state index is 12.5. The van der Waals surface area contributed by atoms with Gasteiger partial charge in [-0.1, -0.05) is 32.9 Å². The van der Waals surface area contributed by atoms with E-state index in [1.165, 1.54) is 0 Å². The summed E-state index contributed by atoms with van der Waals surface area (Å²) >= 11 is 0. The van der Waals surface area contributed by atoms with Crippen LogP contribution in [0, 0.1) is 0 Å². The predicted molar refractivity (Wildman–Crippen MR) is 94.8 cm³/mol. The molecule has 1 aromatic carbocycles. The van der Waals surface area contributed by atoms with Crippen LogP contribution in [0.15, 0.2) is 40.8 Å². The molecular weight excluding hydrogens is 304 g/mol. The largest absolute Gasteiger partial charge is 0.455 e. The van der Waals surface area contributed by atoms with Crippen LogP contribution >= 0.6 is 0 Å². The van der Waals surface area contributed by atoms with E-state index in [1.807, 2.05) is 30.3 Å². The Morgan fingerprint density at radius 3 is 2.46 bits per heavy atom. The van der Waals surface area contributed by atoms with Crippen LogP contribution in [0.5, 0.6) is 0 Å². The second kappa shape index (κ2) is 6.69. The van der Waals surface area contributed by atoms with Crippen molar-refractivity contribution in [2.75, 3.05) is 36.5 Å². The monoisotopic (exact) mass is 328 g/mol. The lowest BCUT2D eigenvalue weighted by Crippen LogP contribution is -2.36. The Balaban J connectivity index is 1.78. The molecule has 1 N–H and O–H groups in total. The van der Waals surface area contributed by atoms with Crippen LogP contribution < -0.4 is 10.2 Å². The average Bonchev–Trinajstić information content (AvgIpc) is 3.07. The summed E-state index contributed by atoms with van der Waals surface area (Å²) in [6.45, 7) is 9.22. The standard InChI is InChI=1S/C19H24N2O3/c1-19(2,3)17-9-8-16(24-17)18(22)20-14-6-4-5-7-15(14)21-10-12-23-13-11-21/h4-9H,10-13H2,1-3H3,(H,20,22). The highest BCUT2D eigenvalue weighted by atomic mass is 16.5. The van der Waals surface area contributed by atoms with Gasteiger partial charge in [-0.15, -0.1) is 0 Å². The van der Waals surface area contributed by atoms with Gasteiger partial charge in [-0.25, -0.2) is 0 Å². The fourth-order valence-corrected chi connectivity index (χ4v) is 2.71. The molecule has 0 aliphatic carbocycles. The van der Waals surface area contributed by atoms with Gasteiger partial charge in [-0.2, -0.15) is 0 Å². The van der Waals surface area contributed by atoms with E-state index in [0.29, 0.717) is 19.0 Å². The van der Waals surface area contributed by atoms with Crippen LogP contribution in [0.3, 0.4) is 0 Å². The van der Waals surface area contributed by atoms with Gasteiger partial charge in [-0.05, 0) is 24.3 Å². The van der Waals surface area contributed by atoms with E-state index in [4.69, 9.17) is 9.15 Å². The first-order chi connectivity index (χ1) is 11.4. The summed E-state index contributed by atoms with van der Waals surface area (Å²) in [5, 5.41) is 2.97. The molecule has 1 aliphatic heterocycles. The van der Waals surface area contributed by atoms with Crippen LogP contribution in [-0.4, -0.2) is 32.2 Å². The van der Waals surface area contributed by atoms with E-state index < -0.39 is 0 Å². The van der Waals surface area contributed by atoms with Crippen molar-refractivity contribution in [1.82, 2.24) is 0 Å². The van der Waals surface area contributed by atoms with E-state index in [-0.39, 0.29) is 11.3 Å². The van der Waals surface area contributed by atoms with E-state index in [0.717, 1.165) is 30.2 Å². The number of carbonyl (C=O) groups excluding carboxylic acids is 1. The number of nitrogens with zero attached hydrogens (tertiary/aromatic N) is 1.